The highest BCUT2D eigenvalue weighted by Crippen LogP contribution is 2.47. The van der Waals surface area contributed by atoms with Gasteiger partial charge in [-0.2, -0.15) is 0 Å². The number of aliphatic hydroxyl groups excluding tert-OH is 2. The number of aryl methyl sites for hydroxylation is 1. The van der Waals surface area contributed by atoms with E-state index >= 15 is 0 Å². The van der Waals surface area contributed by atoms with Crippen molar-refractivity contribution in [3.8, 4) is 5.75 Å². The van der Waals surface area contributed by atoms with Crippen LogP contribution in [0.25, 0.3) is 0 Å². The van der Waals surface area contributed by atoms with Gasteiger partial charge in [-0.3, -0.25) is 9.59 Å². The number of fused-ring (bicyclic) bond motifs is 4. The molecule has 3 saturated heterocycles. The van der Waals surface area contributed by atoms with Crippen molar-refractivity contribution >= 4 is 11.9 Å². The fraction of sp³-hybridized carbons (Fsp3) is 0.588. The third-order valence-corrected chi connectivity index (χ3v) is 9.45. The van der Waals surface area contributed by atoms with E-state index in [1.54, 1.807) is 21.3 Å². The zero-order chi connectivity index (χ0) is 32.1. The molecule has 2 aromatic rings. The Morgan fingerprint density at radius 1 is 0.822 bits per heavy atom. The highest BCUT2D eigenvalue weighted by molar-refractivity contribution is 5.72. The number of methoxy groups -OCH3 is 3. The van der Waals surface area contributed by atoms with Gasteiger partial charge >= 0.3 is 11.9 Å². The predicted octanol–water partition coefficient (Wildman–Crippen LogP) is 3.64. The van der Waals surface area contributed by atoms with Crippen molar-refractivity contribution in [2.24, 2.45) is 23.7 Å². The summed E-state index contributed by atoms with van der Waals surface area (Å²) >= 11 is 0. The quantitative estimate of drug-likeness (QED) is 0.358. The molecular formula is C34H44O11. The number of hydrogen-bond donors (Lipinski definition) is 2. The molecule has 3 heterocycles. The van der Waals surface area contributed by atoms with Gasteiger partial charge in [-0.1, -0.05) is 42.0 Å². The number of esters is 2. The molecule has 2 saturated carbocycles. The number of carbonyl (C=O) groups excluding carboxylic acids is 2. The topological polar surface area (TPSA) is 139 Å². The molecule has 2 aliphatic carbocycles. The number of carbonyl (C=O) groups is 2. The summed E-state index contributed by atoms with van der Waals surface area (Å²) in [6.07, 6.45) is 1.04. The molecule has 7 rings (SSSR count). The molecule has 0 radical (unpaired) electrons. The van der Waals surface area contributed by atoms with Crippen LogP contribution < -0.4 is 4.74 Å². The molecular weight excluding hydrogens is 584 g/mol. The van der Waals surface area contributed by atoms with E-state index in [0.717, 1.165) is 23.3 Å². The fourth-order valence-electron chi connectivity index (χ4n) is 7.00. The van der Waals surface area contributed by atoms with Crippen LogP contribution in [-0.4, -0.2) is 81.1 Å². The van der Waals surface area contributed by atoms with E-state index in [1.807, 2.05) is 48.5 Å². The van der Waals surface area contributed by atoms with Gasteiger partial charge in [-0.25, -0.2) is 0 Å². The highest BCUT2D eigenvalue weighted by Gasteiger charge is 2.53. The van der Waals surface area contributed by atoms with Gasteiger partial charge in [0.05, 0.1) is 38.8 Å². The zero-order valence-electron chi connectivity index (χ0n) is 26.2. The van der Waals surface area contributed by atoms with Crippen molar-refractivity contribution in [1.29, 1.82) is 0 Å². The van der Waals surface area contributed by atoms with Gasteiger partial charge in [0.1, 0.15) is 18.0 Å². The molecule has 3 unspecified atom stereocenters. The van der Waals surface area contributed by atoms with Crippen molar-refractivity contribution in [2.45, 2.75) is 69.6 Å². The molecule has 0 spiro atoms. The maximum absolute atomic E-state index is 11.4. The first kappa shape index (κ1) is 33.3. The van der Waals surface area contributed by atoms with E-state index in [2.05, 4.69) is 6.92 Å². The SMILES string of the molecule is COC(OC)c1ccc(C)cc1.COc1ccc(C2OC[C@H]3[C@@H](CC4OC(=O)C[C@@H]43)O2)cc1.O=C1C[C@H]2C(C[C@@H](O)[C@@H]2CO)O1. The molecule has 3 aliphatic heterocycles. The monoisotopic (exact) mass is 628 g/mol. The molecule has 246 valence electrons. The molecule has 0 aromatic heterocycles. The molecule has 11 heteroatoms. The third kappa shape index (κ3) is 7.67. The van der Waals surface area contributed by atoms with E-state index in [-0.39, 0.29) is 73.1 Å². The summed E-state index contributed by atoms with van der Waals surface area (Å²) in [4.78, 5) is 22.2. The van der Waals surface area contributed by atoms with Gasteiger partial charge in [0.25, 0.3) is 0 Å². The first-order chi connectivity index (χ1) is 21.7. The van der Waals surface area contributed by atoms with Gasteiger partial charge < -0.3 is 43.4 Å². The molecule has 0 amide bonds. The van der Waals surface area contributed by atoms with E-state index in [0.29, 0.717) is 25.9 Å². The van der Waals surface area contributed by atoms with Crippen LogP contribution in [0, 0.1) is 30.6 Å². The Morgan fingerprint density at radius 2 is 1.44 bits per heavy atom. The maximum atomic E-state index is 11.4. The van der Waals surface area contributed by atoms with Gasteiger partial charge in [0, 0.05) is 68.5 Å². The Kier molecular flexibility index (Phi) is 11.1. The summed E-state index contributed by atoms with van der Waals surface area (Å²) in [6, 6.07) is 15.8. The zero-order valence-corrected chi connectivity index (χ0v) is 26.2. The molecule has 0 bridgehead atoms. The smallest absolute Gasteiger partial charge is 0.306 e. The number of hydrogen-bond acceptors (Lipinski definition) is 11. The van der Waals surface area contributed by atoms with Crippen LogP contribution in [0.1, 0.15) is 55.0 Å². The van der Waals surface area contributed by atoms with E-state index < -0.39 is 6.10 Å². The lowest BCUT2D eigenvalue weighted by atomic mass is 9.92. The van der Waals surface area contributed by atoms with E-state index in [9.17, 15) is 14.7 Å². The predicted molar refractivity (Wildman–Crippen MR) is 160 cm³/mol. The van der Waals surface area contributed by atoms with Crippen molar-refractivity contribution in [3.05, 3.63) is 65.2 Å². The fourth-order valence-corrected chi connectivity index (χ4v) is 7.00. The number of ether oxygens (including phenoxy) is 7. The van der Waals surface area contributed by atoms with Crippen LogP contribution in [0.5, 0.6) is 5.75 Å². The van der Waals surface area contributed by atoms with Gasteiger partial charge in [0.2, 0.25) is 0 Å². The minimum Gasteiger partial charge on any atom is -0.497 e. The number of benzene rings is 2. The maximum Gasteiger partial charge on any atom is 0.306 e. The van der Waals surface area contributed by atoms with Crippen molar-refractivity contribution in [2.75, 3.05) is 34.5 Å². The average Bonchev–Trinajstić information content (AvgIpc) is 3.76. The summed E-state index contributed by atoms with van der Waals surface area (Å²) in [5.74, 6) is 0.944. The van der Waals surface area contributed by atoms with Crippen LogP contribution >= 0.6 is 0 Å². The summed E-state index contributed by atoms with van der Waals surface area (Å²) in [5.41, 5.74) is 3.28. The standard InChI is InChI=1S/C16H18O5.C10H14O2.C8H12O4/c1-18-10-4-2-9(3-5-10)16-19-8-12-11-6-15(17)20-13(11)7-14(12)21-16;1-8-4-6-9(7-5-8)10(11-2)12-3;9-3-5-4-1-8(11)12-7(4)2-6(5)10/h2-5,11-14,16H,6-8H2,1H3;4-7,10H,1-3H3;4-7,9-10H,1-3H2/t11-,12-,13?,14-,16?;;4-,5-,6-,7?/m1.1/s1. The summed E-state index contributed by atoms with van der Waals surface area (Å²) in [5, 5.41) is 18.4. The third-order valence-electron chi connectivity index (χ3n) is 9.45. The second-order valence-corrected chi connectivity index (χ2v) is 12.2. The van der Waals surface area contributed by atoms with Gasteiger partial charge in [-0.15, -0.1) is 0 Å². The molecule has 2 N–H and O–H groups in total. The van der Waals surface area contributed by atoms with E-state index in [1.165, 1.54) is 5.56 Å². The lowest BCUT2D eigenvalue weighted by molar-refractivity contribution is -0.238. The Labute approximate surface area is 263 Å². The van der Waals surface area contributed by atoms with Crippen LogP contribution in [0.3, 0.4) is 0 Å². The minimum absolute atomic E-state index is 0.0192. The van der Waals surface area contributed by atoms with Crippen LogP contribution in [0.15, 0.2) is 48.5 Å². The Balaban J connectivity index is 0.000000144. The van der Waals surface area contributed by atoms with Gasteiger partial charge in [-0.05, 0) is 19.1 Å². The molecule has 5 fully saturated rings. The first-order valence-electron chi connectivity index (χ1n) is 15.5. The second kappa shape index (κ2) is 15.0. The van der Waals surface area contributed by atoms with Gasteiger partial charge in [0.15, 0.2) is 12.6 Å². The summed E-state index contributed by atoms with van der Waals surface area (Å²) in [7, 11) is 4.91. The number of rotatable bonds is 6. The first-order valence-corrected chi connectivity index (χ1v) is 15.5. The van der Waals surface area contributed by atoms with E-state index in [4.69, 9.17) is 38.3 Å². The normalized spacial score (nSPS) is 32.7. The summed E-state index contributed by atoms with van der Waals surface area (Å²) in [6.45, 7) is 2.62. The van der Waals surface area contributed by atoms with Crippen molar-refractivity contribution < 1.29 is 53.0 Å². The largest absolute Gasteiger partial charge is 0.497 e. The lowest BCUT2D eigenvalue weighted by Gasteiger charge is -2.34. The lowest BCUT2D eigenvalue weighted by Crippen LogP contribution is -2.35. The Bertz CT molecular complexity index is 1260. The summed E-state index contributed by atoms with van der Waals surface area (Å²) < 4.78 is 37.6. The number of aliphatic hydroxyl groups is 2. The van der Waals surface area contributed by atoms with Crippen molar-refractivity contribution in [3.63, 3.8) is 0 Å². The molecule has 2 aromatic carbocycles. The molecule has 45 heavy (non-hydrogen) atoms. The molecule has 11 nitrogen and oxygen atoms in total. The Hall–Kier alpha value is -3.06. The average molecular weight is 629 g/mol. The molecule has 5 aliphatic rings. The highest BCUT2D eigenvalue weighted by atomic mass is 16.7. The second-order valence-electron chi connectivity index (χ2n) is 12.2. The van der Waals surface area contributed by atoms with Crippen LogP contribution in [0.2, 0.25) is 0 Å². The minimum atomic E-state index is -0.502. The Morgan fingerprint density at radius 3 is 2.04 bits per heavy atom. The van der Waals surface area contributed by atoms with Crippen LogP contribution in [-0.2, 0) is 38.0 Å². The van der Waals surface area contributed by atoms with Crippen LogP contribution in [0.4, 0.5) is 0 Å². The van der Waals surface area contributed by atoms with Crippen molar-refractivity contribution in [1.82, 2.24) is 0 Å². The molecule has 9 atom stereocenters.